The molecule has 131 heavy (non-hydrogen) atoms. The SMILES string of the molecule is CC(=O)N[C@@H](CC(C)C)C(=O)N[C@H](C(=O)N[C@@H](Cc1ccccc1)C(=O)N[C@]1(C)CCCCCCC=CCCC[C@@](C)(C(=O)N[C@@H](CO)C(=O)CN[C@@H](C)C(=O)CCN[C@@H](C)C(=O)CN)NC(=O)[C@H](CC2CCC2)NC(=O)[C@H](CCC(N)=O)NCN[C@@H](C)C(=O)CC(=O)[C@H](Cc2c[nH]c3ccccc23)NN[C@@H](Cc2ccc(O)cc2)C(=O)N[C@@H](CCC(=O)O)C(=O)C1=O)[C@@H](C)O. The second kappa shape index (κ2) is 54.6. The van der Waals surface area contributed by atoms with Gasteiger partial charge in [-0.2, -0.15) is 0 Å². The Morgan fingerprint density at radius 3 is 1.89 bits per heavy atom. The molecule has 1 aliphatic heterocycles. The number of aromatic amines is 1. The molecule has 1 saturated carbocycles. The molecule has 1 fully saturated rings. The predicted octanol–water partition coefficient (Wildman–Crippen LogP) is 0.804. The average molecular weight is 1830 g/mol. The maximum atomic E-state index is 15.6. The van der Waals surface area contributed by atoms with Crippen molar-refractivity contribution in [1.29, 1.82) is 0 Å². The number of ketones is 7. The molecule has 3 aromatic carbocycles. The van der Waals surface area contributed by atoms with Crippen LogP contribution < -0.4 is 86.1 Å². The lowest BCUT2D eigenvalue weighted by Crippen LogP contribution is -2.64. The highest BCUT2D eigenvalue weighted by Gasteiger charge is 2.46. The molecule has 0 radical (unpaired) electrons. The van der Waals surface area contributed by atoms with Crippen molar-refractivity contribution in [2.45, 2.75) is 300 Å². The average Bonchev–Trinajstić information content (AvgIpc) is 1.67. The Labute approximate surface area is 764 Å². The van der Waals surface area contributed by atoms with Gasteiger partial charge in [0.25, 0.3) is 0 Å². The van der Waals surface area contributed by atoms with Crippen molar-refractivity contribution in [2.24, 2.45) is 23.3 Å². The van der Waals surface area contributed by atoms with Crippen LogP contribution in [0, 0.1) is 11.8 Å². The smallest absolute Gasteiger partial charge is 0.303 e. The fourth-order valence-electron chi connectivity index (χ4n) is 15.3. The number of aliphatic carboxylic acids is 1. The molecule has 0 spiro atoms. The van der Waals surface area contributed by atoms with E-state index in [0.29, 0.717) is 72.5 Å². The van der Waals surface area contributed by atoms with Crippen molar-refractivity contribution >= 4 is 111 Å². The molecule has 23 N–H and O–H groups in total. The van der Waals surface area contributed by atoms with Gasteiger partial charge in [-0.1, -0.05) is 125 Å². The Balaban J connectivity index is 1.40. The highest BCUT2D eigenvalue weighted by atomic mass is 16.4. The molecule has 38 heteroatoms. The third-order valence-corrected chi connectivity index (χ3v) is 23.8. The number of carbonyl (C=O) groups excluding carboxylic acids is 16. The lowest BCUT2D eigenvalue weighted by molar-refractivity contribution is -0.145. The van der Waals surface area contributed by atoms with Crippen LogP contribution in [0.5, 0.6) is 5.75 Å². The number of amides is 9. The van der Waals surface area contributed by atoms with E-state index >= 15 is 24.0 Å². The van der Waals surface area contributed by atoms with Gasteiger partial charge >= 0.3 is 5.97 Å². The predicted molar refractivity (Wildman–Crippen MR) is 487 cm³/mol. The number of Topliss-reactive ketones (excluding diaryl/α,β-unsaturated/α-hetero) is 7. The lowest BCUT2D eigenvalue weighted by Gasteiger charge is -2.35. The molecule has 2 aliphatic rings. The number of primary amides is 1. The number of aliphatic hydroxyl groups excluding tert-OH is 2. The minimum Gasteiger partial charge on any atom is -0.508 e. The molecular formula is C93H137N17O21. The van der Waals surface area contributed by atoms with E-state index in [9.17, 15) is 78.0 Å². The summed E-state index contributed by atoms with van der Waals surface area (Å²) in [6, 6.07) is 5.01. The van der Waals surface area contributed by atoms with Crippen LogP contribution in [0.4, 0.5) is 0 Å². The van der Waals surface area contributed by atoms with Gasteiger partial charge in [0.05, 0.1) is 68.5 Å². The number of H-pyrrole nitrogens is 1. The highest BCUT2D eigenvalue weighted by Crippen LogP contribution is 2.32. The Kier molecular flexibility index (Phi) is 45.2. The van der Waals surface area contributed by atoms with Gasteiger partial charge in [-0.3, -0.25) is 92.1 Å². The van der Waals surface area contributed by atoms with Crippen LogP contribution >= 0.6 is 0 Å². The van der Waals surface area contributed by atoms with Crippen LogP contribution in [0.2, 0.25) is 0 Å². The summed E-state index contributed by atoms with van der Waals surface area (Å²) < 4.78 is 0. The minimum atomic E-state index is -2.23. The Bertz CT molecular complexity index is 4580. The van der Waals surface area contributed by atoms with Crippen LogP contribution in [-0.4, -0.2) is 248 Å². The largest absolute Gasteiger partial charge is 0.508 e. The van der Waals surface area contributed by atoms with Gasteiger partial charge in [-0.25, -0.2) is 10.9 Å². The van der Waals surface area contributed by atoms with E-state index in [1.165, 1.54) is 65.8 Å². The summed E-state index contributed by atoms with van der Waals surface area (Å²) in [5.74, 6) is -14.8. The van der Waals surface area contributed by atoms with E-state index in [4.69, 9.17) is 11.5 Å². The molecule has 1 aliphatic carbocycles. The summed E-state index contributed by atoms with van der Waals surface area (Å²) in [6.07, 6.45) is 4.89. The summed E-state index contributed by atoms with van der Waals surface area (Å²) in [6.45, 7) is 11.6. The molecule has 0 saturated heterocycles. The number of hydrazine groups is 1. The van der Waals surface area contributed by atoms with Gasteiger partial charge < -0.3 is 90.0 Å². The first kappa shape index (κ1) is 109. The van der Waals surface area contributed by atoms with Crippen molar-refractivity contribution in [3.8, 4) is 5.75 Å². The molecule has 38 nitrogen and oxygen atoms in total. The molecule has 720 valence electrons. The number of carboxylic acids is 1. The molecule has 1 aromatic heterocycles. The minimum absolute atomic E-state index is 0.0192. The second-order valence-corrected chi connectivity index (χ2v) is 35.2. The van der Waals surface area contributed by atoms with Gasteiger partial charge in [0, 0.05) is 62.9 Å². The van der Waals surface area contributed by atoms with Crippen molar-refractivity contribution in [2.75, 3.05) is 32.9 Å². The van der Waals surface area contributed by atoms with Gasteiger partial charge in [0.2, 0.25) is 64.7 Å². The standard InChI is InChI=1S/C93H137N17O21/c1-54(2)43-70(101-59(7)113)86(126)106-82(58(6)112)90(130)104-72(44-60-25-18-17-19-26-60)88(128)107-92(8)40-22-15-13-11-10-12-14-16-23-41-93(9,91(131)105-74(52-111)79(119)51-97-55(3)75(115)39-42-96-57(5)78(118)49-94)108-89(129)71(45-61-27-24-28-61)103-85(125)68(35-37-80(95)120)100-53-99-56(4)76(116)48-77(117)69(47-63-50-98-66-30-21-20-29-65(63)66)109-110-73(46-62-31-33-64(114)34-32-62)87(127)102-67(36-38-81(121)122)83(123)84(92)124/h12,14,17-21,25-26,29-34,50,54-58,61,67-74,82,96-100,109-112,114H,10-11,13,15-16,22-24,27-28,35-49,51-53,94H2,1-9H3,(H2,95,120)(H,101,113)(H,102,127)(H,103,125)(H,104,130)(H,105,131)(H,106,126)(H,107,128)(H,108,129)(H,121,122)/t55-,56-,57-,58+,67-,68-,69-,70-,71-,72-,73-,74-,82-,92+,93-/m0/s1. The number of para-hydroxylation sites is 1. The third kappa shape index (κ3) is 36.5. The molecule has 9 amide bonds. The van der Waals surface area contributed by atoms with Crippen LogP contribution in [0.15, 0.2) is 97.2 Å². The number of aliphatic hydroxyl groups is 2. The number of carbonyl (C=O) groups is 17. The fourth-order valence-corrected chi connectivity index (χ4v) is 15.3. The topological polar surface area (TPSA) is 607 Å². The summed E-state index contributed by atoms with van der Waals surface area (Å²) in [5.41, 5.74) is 15.0. The molecular weight excluding hydrogens is 1690 g/mol. The van der Waals surface area contributed by atoms with Gasteiger partial charge in [0.15, 0.2) is 28.9 Å². The summed E-state index contributed by atoms with van der Waals surface area (Å²) in [5, 5.41) is 76.1. The van der Waals surface area contributed by atoms with Crippen molar-refractivity contribution < 1.29 is 102 Å². The Hall–Kier alpha value is -11.2. The number of carboxylic acid groups (broad SMARTS) is 1. The van der Waals surface area contributed by atoms with Gasteiger partial charge in [-0.15, -0.1) is 0 Å². The Morgan fingerprint density at radius 1 is 0.603 bits per heavy atom. The molecule has 15 atom stereocenters. The number of rotatable bonds is 38. The van der Waals surface area contributed by atoms with E-state index in [0.717, 1.165) is 6.42 Å². The number of aromatic hydroxyl groups is 1. The number of nitrogens with one attached hydrogen (secondary N) is 15. The molecule has 0 bridgehead atoms. The van der Waals surface area contributed by atoms with Gasteiger partial charge in [0.1, 0.15) is 53.1 Å². The van der Waals surface area contributed by atoms with E-state index in [1.54, 1.807) is 81.6 Å². The molecule has 6 rings (SSSR count). The van der Waals surface area contributed by atoms with E-state index in [2.05, 4.69) is 79.6 Å². The van der Waals surface area contributed by atoms with Crippen LogP contribution in [0.1, 0.15) is 207 Å². The summed E-state index contributed by atoms with van der Waals surface area (Å²) in [4.78, 5) is 244. The normalized spacial score (nSPS) is 22.7. The van der Waals surface area contributed by atoms with E-state index < -0.39 is 210 Å². The first-order chi connectivity index (χ1) is 62.1. The summed E-state index contributed by atoms with van der Waals surface area (Å²) >= 11 is 0. The maximum Gasteiger partial charge on any atom is 0.303 e. The first-order valence-electron chi connectivity index (χ1n) is 45.3. The number of allylic oxidation sites excluding steroid dienone is 2. The lowest BCUT2D eigenvalue weighted by atomic mass is 9.80. The van der Waals surface area contributed by atoms with E-state index in [1.807, 2.05) is 12.2 Å². The number of benzene rings is 3. The van der Waals surface area contributed by atoms with Gasteiger partial charge in [-0.05, 0) is 165 Å². The number of phenolic OH excluding ortho intramolecular Hbond substituents is 1. The molecule has 0 unspecified atom stereocenters. The van der Waals surface area contributed by atoms with Crippen LogP contribution in [0.3, 0.4) is 0 Å². The fraction of sp³-hybridized carbons (Fsp3) is 0.581. The monoisotopic (exact) mass is 1830 g/mol. The van der Waals surface area contributed by atoms with Crippen LogP contribution in [0.25, 0.3) is 10.9 Å². The number of fused-ring (bicyclic) bond motifs is 1. The highest BCUT2D eigenvalue weighted by molar-refractivity contribution is 6.43. The van der Waals surface area contributed by atoms with Crippen LogP contribution in [-0.2, 0) is 101 Å². The second-order valence-electron chi connectivity index (χ2n) is 35.2. The van der Waals surface area contributed by atoms with E-state index in [-0.39, 0.29) is 126 Å². The molecule has 4 aromatic rings. The number of hydrogen-bond donors (Lipinski definition) is 21. The van der Waals surface area contributed by atoms with Crippen molar-refractivity contribution in [1.82, 2.24) is 79.6 Å². The molecule has 2 heterocycles. The summed E-state index contributed by atoms with van der Waals surface area (Å²) in [7, 11) is 0. The Morgan fingerprint density at radius 2 is 1.24 bits per heavy atom. The third-order valence-electron chi connectivity index (χ3n) is 23.8. The zero-order valence-corrected chi connectivity index (χ0v) is 76.6. The zero-order valence-electron chi connectivity index (χ0n) is 76.6. The first-order valence-corrected chi connectivity index (χ1v) is 45.3. The van der Waals surface area contributed by atoms with Crippen molar-refractivity contribution in [3.63, 3.8) is 0 Å². The maximum absolute atomic E-state index is 15.6. The quantitative estimate of drug-likeness (QED) is 0.0168. The number of aromatic nitrogens is 1. The zero-order chi connectivity index (χ0) is 96.7. The number of nitrogens with two attached hydrogens (primary N) is 2. The number of phenols is 1. The van der Waals surface area contributed by atoms with Crippen molar-refractivity contribution in [3.05, 3.63) is 114 Å². The number of hydrogen-bond acceptors (Lipinski definition) is 27.